The van der Waals surface area contributed by atoms with Gasteiger partial charge in [-0.05, 0) is 36.6 Å². The number of hydrogen-bond donors (Lipinski definition) is 0. The number of amidine groups is 1. The van der Waals surface area contributed by atoms with Crippen molar-refractivity contribution in [3.63, 3.8) is 0 Å². The Labute approximate surface area is 117 Å². The third-order valence-corrected chi connectivity index (χ3v) is 4.17. The molecule has 0 aliphatic carbocycles. The van der Waals surface area contributed by atoms with Crippen molar-refractivity contribution < 1.29 is 0 Å². The van der Waals surface area contributed by atoms with Gasteiger partial charge in [0, 0.05) is 10.9 Å². The van der Waals surface area contributed by atoms with Gasteiger partial charge < -0.3 is 0 Å². The fraction of sp³-hybridized carbons (Fsp3) is 0.0556. The van der Waals surface area contributed by atoms with Crippen LogP contribution in [0.25, 0.3) is 10.8 Å². The lowest BCUT2D eigenvalue weighted by Gasteiger charge is -2.40. The van der Waals surface area contributed by atoms with Crippen LogP contribution in [0.1, 0.15) is 11.1 Å². The van der Waals surface area contributed by atoms with Crippen LogP contribution in [-0.4, -0.2) is 5.84 Å². The Morgan fingerprint density at radius 2 is 1.75 bits per heavy atom. The van der Waals surface area contributed by atoms with E-state index in [0.29, 0.717) is 0 Å². The molecule has 2 heteroatoms. The van der Waals surface area contributed by atoms with Gasteiger partial charge in [0.05, 0.1) is 17.1 Å². The molecule has 0 unspecified atom stereocenters. The third-order valence-electron chi connectivity index (χ3n) is 4.17. The first-order chi connectivity index (χ1) is 9.83. The molecule has 2 aliphatic rings. The van der Waals surface area contributed by atoms with Gasteiger partial charge in [-0.2, -0.15) is 0 Å². The maximum atomic E-state index is 4.86. The van der Waals surface area contributed by atoms with Crippen molar-refractivity contribution >= 4 is 33.7 Å². The second kappa shape index (κ2) is 3.28. The number of benzene rings is 3. The highest BCUT2D eigenvalue weighted by atomic mass is 15.3. The van der Waals surface area contributed by atoms with Gasteiger partial charge in [-0.25, -0.2) is 4.99 Å². The first kappa shape index (κ1) is 10.2. The van der Waals surface area contributed by atoms with Gasteiger partial charge in [0.1, 0.15) is 5.84 Å². The Morgan fingerprint density at radius 3 is 2.65 bits per heavy atom. The van der Waals surface area contributed by atoms with Crippen molar-refractivity contribution in [1.29, 1.82) is 0 Å². The molecule has 2 heterocycles. The highest BCUT2D eigenvalue weighted by Crippen LogP contribution is 2.49. The number of anilines is 2. The Kier molecular flexibility index (Phi) is 1.68. The number of nitrogens with zero attached hydrogens (tertiary/aromatic N) is 2. The lowest BCUT2D eigenvalue weighted by atomic mass is 9.94. The largest absolute Gasteiger partial charge is 0.293 e. The number of rotatable bonds is 0. The second-order valence-corrected chi connectivity index (χ2v) is 5.44. The van der Waals surface area contributed by atoms with Crippen molar-refractivity contribution in [3.8, 4) is 0 Å². The molecule has 0 amide bonds. The summed E-state index contributed by atoms with van der Waals surface area (Å²) in [6.07, 6.45) is 0. The molecule has 2 nitrogen and oxygen atoms in total. The lowest BCUT2D eigenvalue weighted by molar-refractivity contribution is 1.22. The minimum Gasteiger partial charge on any atom is -0.293 e. The zero-order chi connectivity index (χ0) is 13.3. The summed E-state index contributed by atoms with van der Waals surface area (Å²) in [4.78, 5) is 7.12. The van der Waals surface area contributed by atoms with Gasteiger partial charge in [-0.3, -0.25) is 4.90 Å². The number of aryl methyl sites for hydroxylation is 1. The molecule has 2 aliphatic heterocycles. The Hall–Kier alpha value is -2.61. The predicted molar refractivity (Wildman–Crippen MR) is 83.5 cm³/mol. The van der Waals surface area contributed by atoms with E-state index in [2.05, 4.69) is 66.4 Å². The molecular weight excluding hydrogens is 244 g/mol. The van der Waals surface area contributed by atoms with Crippen LogP contribution in [0.4, 0.5) is 17.1 Å². The Balaban J connectivity index is 1.89. The maximum absolute atomic E-state index is 4.86. The molecule has 0 radical (unpaired) electrons. The van der Waals surface area contributed by atoms with Crippen molar-refractivity contribution in [2.75, 3.05) is 4.90 Å². The molecule has 0 aromatic heterocycles. The lowest BCUT2D eigenvalue weighted by Crippen LogP contribution is -2.38. The van der Waals surface area contributed by atoms with Crippen LogP contribution in [0.5, 0.6) is 0 Å². The summed E-state index contributed by atoms with van der Waals surface area (Å²) < 4.78 is 0. The first-order valence-electron chi connectivity index (χ1n) is 6.84. The van der Waals surface area contributed by atoms with Gasteiger partial charge in [-0.15, -0.1) is 0 Å². The van der Waals surface area contributed by atoms with E-state index in [9.17, 15) is 0 Å². The minimum absolute atomic E-state index is 1.08. The monoisotopic (exact) mass is 256 g/mol. The summed E-state index contributed by atoms with van der Waals surface area (Å²) in [5.74, 6) is 1.08. The van der Waals surface area contributed by atoms with E-state index in [1.165, 1.54) is 33.3 Å². The Bertz CT molecular complexity index is 917. The highest BCUT2D eigenvalue weighted by Gasteiger charge is 2.35. The molecule has 0 bridgehead atoms. The summed E-state index contributed by atoms with van der Waals surface area (Å²) >= 11 is 0. The standard InChI is InChI=1S/C18H12N2/c1-11-8-9-15-13(10-11)18-19-14-6-2-4-12-5-3-7-16(17(12)14)20(15)18/h2-10H,1H3. The normalized spacial score (nSPS) is 14.4. The maximum Gasteiger partial charge on any atom is 0.147 e. The summed E-state index contributed by atoms with van der Waals surface area (Å²) in [7, 11) is 0. The van der Waals surface area contributed by atoms with Crippen LogP contribution in [0.3, 0.4) is 0 Å². The molecule has 3 aromatic rings. The van der Waals surface area contributed by atoms with Crippen molar-refractivity contribution in [2.24, 2.45) is 4.99 Å². The van der Waals surface area contributed by atoms with Gasteiger partial charge >= 0.3 is 0 Å². The van der Waals surface area contributed by atoms with Gasteiger partial charge in [0.25, 0.3) is 0 Å². The second-order valence-electron chi connectivity index (χ2n) is 5.44. The van der Waals surface area contributed by atoms with Crippen molar-refractivity contribution in [2.45, 2.75) is 6.92 Å². The van der Waals surface area contributed by atoms with E-state index >= 15 is 0 Å². The summed E-state index contributed by atoms with van der Waals surface area (Å²) in [5.41, 5.74) is 6.13. The van der Waals surface area contributed by atoms with E-state index < -0.39 is 0 Å². The van der Waals surface area contributed by atoms with Crippen LogP contribution in [-0.2, 0) is 0 Å². The van der Waals surface area contributed by atoms with Crippen molar-refractivity contribution in [3.05, 3.63) is 65.7 Å². The zero-order valence-corrected chi connectivity index (χ0v) is 11.1. The topological polar surface area (TPSA) is 15.6 Å². The molecule has 0 spiro atoms. The van der Waals surface area contributed by atoms with E-state index in [0.717, 1.165) is 11.5 Å². The third kappa shape index (κ3) is 1.08. The molecular formula is C18H12N2. The van der Waals surface area contributed by atoms with Crippen LogP contribution in [0, 0.1) is 6.92 Å². The molecule has 20 heavy (non-hydrogen) atoms. The SMILES string of the molecule is Cc1ccc2c(c1)C1=Nc3cccc4cccc(c34)N12. The van der Waals surface area contributed by atoms with Crippen molar-refractivity contribution in [1.82, 2.24) is 0 Å². The molecule has 0 atom stereocenters. The quantitative estimate of drug-likeness (QED) is 0.569. The minimum atomic E-state index is 1.08. The highest BCUT2D eigenvalue weighted by molar-refractivity contribution is 6.32. The fourth-order valence-electron chi connectivity index (χ4n) is 3.25. The molecule has 0 saturated heterocycles. The van der Waals surface area contributed by atoms with Gasteiger partial charge in [-0.1, -0.05) is 35.9 Å². The molecule has 94 valence electrons. The summed E-state index contributed by atoms with van der Waals surface area (Å²) in [6, 6.07) is 19.4. The molecule has 3 aromatic carbocycles. The van der Waals surface area contributed by atoms with E-state index in [1.54, 1.807) is 0 Å². The van der Waals surface area contributed by atoms with Crippen LogP contribution >= 0.6 is 0 Å². The van der Waals surface area contributed by atoms with Crippen LogP contribution < -0.4 is 4.90 Å². The van der Waals surface area contributed by atoms with Gasteiger partial charge in [0.15, 0.2) is 0 Å². The van der Waals surface area contributed by atoms with Gasteiger partial charge in [0.2, 0.25) is 0 Å². The molecule has 0 N–H and O–H groups in total. The van der Waals surface area contributed by atoms with Crippen LogP contribution in [0.15, 0.2) is 59.6 Å². The average Bonchev–Trinajstić information content (AvgIpc) is 2.47. The average molecular weight is 256 g/mol. The molecule has 0 fully saturated rings. The predicted octanol–water partition coefficient (Wildman–Crippen LogP) is 4.69. The number of fused-ring (bicyclic) bond motifs is 5. The van der Waals surface area contributed by atoms with E-state index in [4.69, 9.17) is 4.99 Å². The smallest absolute Gasteiger partial charge is 0.147 e. The number of hydrogen-bond acceptors (Lipinski definition) is 2. The molecule has 5 rings (SSSR count). The number of aliphatic imine (C=N–C) groups is 1. The first-order valence-corrected chi connectivity index (χ1v) is 6.84. The fourth-order valence-corrected chi connectivity index (χ4v) is 3.25. The van der Waals surface area contributed by atoms with Crippen LogP contribution in [0.2, 0.25) is 0 Å². The summed E-state index contributed by atoms with van der Waals surface area (Å²) in [5, 5.41) is 2.51. The van der Waals surface area contributed by atoms with E-state index in [-0.39, 0.29) is 0 Å². The molecule has 0 saturated carbocycles. The summed E-state index contributed by atoms with van der Waals surface area (Å²) in [6.45, 7) is 2.13. The Morgan fingerprint density at radius 1 is 0.900 bits per heavy atom. The zero-order valence-electron chi connectivity index (χ0n) is 11.1. The van der Waals surface area contributed by atoms with E-state index in [1.807, 2.05) is 0 Å².